The lowest BCUT2D eigenvalue weighted by Crippen LogP contribution is -1.94. The maximum Gasteiger partial charge on any atom is 0.158 e. The average molecular weight is 461 g/mol. The molecule has 0 amide bonds. The molecule has 0 saturated carbocycles. The number of rotatable bonds is 0. The van der Waals surface area contributed by atoms with Gasteiger partial charge in [-0.25, -0.2) is 9.97 Å². The van der Waals surface area contributed by atoms with Crippen molar-refractivity contribution in [1.29, 1.82) is 0 Å². The Morgan fingerprint density at radius 1 is 0.850 bits per heavy atom. The highest BCUT2D eigenvalue weighted by Crippen LogP contribution is 2.40. The van der Waals surface area contributed by atoms with Gasteiger partial charge in [0.25, 0.3) is 0 Å². The van der Waals surface area contributed by atoms with Gasteiger partial charge in [-0.15, -0.1) is 0 Å². The third-order valence-electron chi connectivity index (χ3n) is 3.32. The van der Waals surface area contributed by atoms with E-state index in [4.69, 9.17) is 0 Å². The van der Waals surface area contributed by atoms with E-state index in [0.717, 1.165) is 31.1 Å². The van der Waals surface area contributed by atoms with Crippen LogP contribution in [-0.2, 0) is 0 Å². The molecule has 0 spiro atoms. The van der Waals surface area contributed by atoms with Crippen LogP contribution >= 0.6 is 47.8 Å². The second kappa shape index (κ2) is 4.93. The van der Waals surface area contributed by atoms with E-state index in [-0.39, 0.29) is 5.75 Å². The van der Waals surface area contributed by atoms with E-state index in [1.165, 1.54) is 0 Å². The van der Waals surface area contributed by atoms with Crippen LogP contribution in [0.5, 0.6) is 5.75 Å². The topological polar surface area (TPSA) is 46.0 Å². The minimum atomic E-state index is 0.121. The third kappa shape index (κ3) is 1.96. The number of hydrogen-bond acceptors (Lipinski definition) is 3. The summed E-state index contributed by atoms with van der Waals surface area (Å²) in [6.07, 6.45) is 0. The molecule has 0 aliphatic heterocycles. The van der Waals surface area contributed by atoms with Crippen LogP contribution in [0.3, 0.4) is 0 Å². The summed E-state index contributed by atoms with van der Waals surface area (Å²) < 4.78 is 2.47. The second-order valence-corrected chi connectivity index (χ2v) is 7.00. The maximum absolute atomic E-state index is 10.3. The number of hydrogen-bond donors (Lipinski definition) is 1. The molecule has 1 N–H and O–H groups in total. The first-order valence-corrected chi connectivity index (χ1v) is 8.22. The number of benzene rings is 2. The van der Waals surface area contributed by atoms with Crippen LogP contribution in [0.1, 0.15) is 11.1 Å². The maximum atomic E-state index is 10.3. The number of aryl methyl sites for hydroxylation is 1. The summed E-state index contributed by atoms with van der Waals surface area (Å²) in [5, 5.41) is 10.3. The van der Waals surface area contributed by atoms with Gasteiger partial charge in [0, 0.05) is 8.95 Å². The molecule has 0 fully saturated rings. The number of aromatic hydroxyl groups is 1. The Bertz CT molecular complexity index is 878. The molecule has 1 heterocycles. The van der Waals surface area contributed by atoms with E-state index in [0.29, 0.717) is 15.5 Å². The molecule has 0 saturated heterocycles. The SMILES string of the molecule is Cc1c(Br)c(O)c2nc3ccc(Br)c(C)c3nc2c1Br. The first-order valence-electron chi connectivity index (χ1n) is 5.85. The molecule has 0 aliphatic rings. The highest BCUT2D eigenvalue weighted by molar-refractivity contribution is 9.11. The molecule has 6 heteroatoms. The number of nitrogens with zero attached hydrogens (tertiary/aromatic N) is 2. The smallest absolute Gasteiger partial charge is 0.158 e. The summed E-state index contributed by atoms with van der Waals surface area (Å²) in [5.74, 6) is 0.121. The fourth-order valence-corrected chi connectivity index (χ4v) is 3.55. The summed E-state index contributed by atoms with van der Waals surface area (Å²) in [6, 6.07) is 3.83. The van der Waals surface area contributed by atoms with Crippen LogP contribution < -0.4 is 0 Å². The van der Waals surface area contributed by atoms with E-state index in [1.54, 1.807) is 0 Å². The van der Waals surface area contributed by atoms with Crippen LogP contribution in [0.15, 0.2) is 25.6 Å². The zero-order chi connectivity index (χ0) is 14.6. The molecular formula is C14H9Br3N2O. The fraction of sp³-hybridized carbons (Fsp3) is 0.143. The summed E-state index contributed by atoms with van der Waals surface area (Å²) in [5.41, 5.74) is 4.67. The van der Waals surface area contributed by atoms with Crippen LogP contribution in [0, 0.1) is 13.8 Å². The normalized spacial score (nSPS) is 11.4. The summed E-state index contributed by atoms with van der Waals surface area (Å²) in [4.78, 5) is 9.23. The van der Waals surface area contributed by atoms with Crippen LogP contribution in [0.4, 0.5) is 0 Å². The zero-order valence-corrected chi connectivity index (χ0v) is 15.4. The number of halogens is 3. The van der Waals surface area contributed by atoms with Crippen LogP contribution in [0.2, 0.25) is 0 Å². The molecular weight excluding hydrogens is 452 g/mol. The highest BCUT2D eigenvalue weighted by atomic mass is 79.9. The Labute approximate surface area is 140 Å². The molecule has 102 valence electrons. The van der Waals surface area contributed by atoms with Crippen LogP contribution in [-0.4, -0.2) is 15.1 Å². The fourth-order valence-electron chi connectivity index (χ4n) is 2.10. The van der Waals surface area contributed by atoms with Crippen molar-refractivity contribution in [3.8, 4) is 5.75 Å². The molecule has 0 aliphatic carbocycles. The van der Waals surface area contributed by atoms with Gasteiger partial charge in [-0.3, -0.25) is 0 Å². The first kappa shape index (κ1) is 14.2. The Balaban J connectivity index is 2.58. The van der Waals surface area contributed by atoms with Crippen molar-refractivity contribution in [2.24, 2.45) is 0 Å². The molecule has 0 radical (unpaired) electrons. The molecule has 3 aromatic rings. The van der Waals surface area contributed by atoms with Gasteiger partial charge in [0.2, 0.25) is 0 Å². The average Bonchev–Trinajstić information content (AvgIpc) is 2.45. The Kier molecular flexibility index (Phi) is 3.51. The van der Waals surface area contributed by atoms with Gasteiger partial charge in [0.05, 0.1) is 15.5 Å². The lowest BCUT2D eigenvalue weighted by Gasteiger charge is -2.11. The van der Waals surface area contributed by atoms with Crippen molar-refractivity contribution >= 4 is 69.9 Å². The van der Waals surface area contributed by atoms with Crippen molar-refractivity contribution < 1.29 is 5.11 Å². The molecule has 0 atom stereocenters. The van der Waals surface area contributed by atoms with Gasteiger partial charge < -0.3 is 5.11 Å². The molecule has 2 aromatic carbocycles. The second-order valence-electron chi connectivity index (χ2n) is 4.56. The minimum Gasteiger partial charge on any atom is -0.504 e. The minimum absolute atomic E-state index is 0.121. The van der Waals surface area contributed by atoms with Crippen molar-refractivity contribution in [2.45, 2.75) is 13.8 Å². The largest absolute Gasteiger partial charge is 0.504 e. The quantitative estimate of drug-likeness (QED) is 0.457. The Morgan fingerprint density at radius 2 is 1.55 bits per heavy atom. The summed E-state index contributed by atoms with van der Waals surface area (Å²) >= 11 is 10.4. The zero-order valence-electron chi connectivity index (χ0n) is 10.6. The number of aromatic nitrogens is 2. The highest BCUT2D eigenvalue weighted by Gasteiger charge is 2.17. The van der Waals surface area contributed by atoms with E-state index in [9.17, 15) is 5.11 Å². The first-order chi connectivity index (χ1) is 9.41. The predicted molar refractivity (Wildman–Crippen MR) is 91.3 cm³/mol. The van der Waals surface area contributed by atoms with Crippen molar-refractivity contribution in [1.82, 2.24) is 9.97 Å². The molecule has 3 rings (SSSR count). The lowest BCUT2D eigenvalue weighted by atomic mass is 10.1. The molecule has 0 unspecified atom stereocenters. The van der Waals surface area contributed by atoms with E-state index < -0.39 is 0 Å². The molecule has 1 aromatic heterocycles. The van der Waals surface area contributed by atoms with Gasteiger partial charge >= 0.3 is 0 Å². The van der Waals surface area contributed by atoms with E-state index >= 15 is 0 Å². The van der Waals surface area contributed by atoms with Gasteiger partial charge in [-0.2, -0.15) is 0 Å². The number of phenolic OH excluding ortho intramolecular Hbond substituents is 1. The van der Waals surface area contributed by atoms with E-state index in [1.807, 2.05) is 26.0 Å². The van der Waals surface area contributed by atoms with Gasteiger partial charge in [-0.1, -0.05) is 15.9 Å². The standard InChI is InChI=1S/C14H9Br3N2O/c1-5-7(15)3-4-8-11(5)19-12-9(16)6(2)10(17)14(20)13(12)18-8/h3-4,20H,1-2H3. The van der Waals surface area contributed by atoms with Gasteiger partial charge in [-0.05, 0) is 69.0 Å². The van der Waals surface area contributed by atoms with Gasteiger partial charge in [0.15, 0.2) is 5.75 Å². The van der Waals surface area contributed by atoms with E-state index in [2.05, 4.69) is 57.8 Å². The van der Waals surface area contributed by atoms with Crippen molar-refractivity contribution in [3.05, 3.63) is 36.7 Å². The third-order valence-corrected chi connectivity index (χ3v) is 6.12. The molecule has 0 bridgehead atoms. The lowest BCUT2D eigenvalue weighted by molar-refractivity contribution is 0.476. The Hall–Kier alpha value is -0.720. The number of phenols is 1. The molecule has 3 nitrogen and oxygen atoms in total. The summed E-state index contributed by atoms with van der Waals surface area (Å²) in [6.45, 7) is 3.90. The van der Waals surface area contributed by atoms with Crippen molar-refractivity contribution in [3.63, 3.8) is 0 Å². The van der Waals surface area contributed by atoms with Crippen LogP contribution in [0.25, 0.3) is 22.1 Å². The Morgan fingerprint density at radius 3 is 2.25 bits per heavy atom. The molecule has 20 heavy (non-hydrogen) atoms. The summed E-state index contributed by atoms with van der Waals surface area (Å²) in [7, 11) is 0. The van der Waals surface area contributed by atoms with Gasteiger partial charge in [0.1, 0.15) is 11.0 Å². The monoisotopic (exact) mass is 458 g/mol. The number of fused-ring (bicyclic) bond motifs is 2. The predicted octanol–water partition coefficient (Wildman–Crippen LogP) is 5.39. The van der Waals surface area contributed by atoms with Crippen molar-refractivity contribution in [2.75, 3.05) is 0 Å².